The van der Waals surface area contributed by atoms with Crippen LogP contribution in [0.25, 0.3) is 0 Å². The predicted octanol–water partition coefficient (Wildman–Crippen LogP) is 3.90. The monoisotopic (exact) mass is 453 g/mol. The fourth-order valence-corrected chi connectivity index (χ4v) is 3.23. The van der Waals surface area contributed by atoms with E-state index in [9.17, 15) is 9.59 Å². The highest BCUT2D eigenvalue weighted by molar-refractivity contribution is 14.1. The van der Waals surface area contributed by atoms with E-state index >= 15 is 0 Å². The molecule has 1 heterocycles. The van der Waals surface area contributed by atoms with Gasteiger partial charge in [-0.2, -0.15) is 0 Å². The molecule has 0 saturated heterocycles. The van der Waals surface area contributed by atoms with Crippen LogP contribution in [-0.4, -0.2) is 26.2 Å². The van der Waals surface area contributed by atoms with Crippen LogP contribution < -0.4 is 4.90 Å². The van der Waals surface area contributed by atoms with Gasteiger partial charge in [0.15, 0.2) is 0 Å². The number of ether oxygens (including phenoxy) is 2. The van der Waals surface area contributed by atoms with Crippen LogP contribution in [0, 0.1) is 3.57 Å². The van der Waals surface area contributed by atoms with Crippen molar-refractivity contribution >= 4 is 40.2 Å². The maximum atomic E-state index is 12.4. The molecule has 0 saturated carbocycles. The summed E-state index contributed by atoms with van der Waals surface area (Å²) in [4.78, 5) is 26.2. The average molecular weight is 453 g/mol. The van der Waals surface area contributed by atoms with Gasteiger partial charge in [0.25, 0.3) is 0 Å². The molecule has 2 rings (SSSR count). The summed E-state index contributed by atoms with van der Waals surface area (Å²) in [6.45, 7) is 4.24. The highest BCUT2D eigenvalue weighted by Crippen LogP contribution is 2.32. The summed E-state index contributed by atoms with van der Waals surface area (Å²) in [5, 5.41) is 0. The zero-order valence-corrected chi connectivity index (χ0v) is 16.7. The molecule has 5 nitrogen and oxygen atoms in total. The lowest BCUT2D eigenvalue weighted by molar-refractivity contribution is -0.139. The molecule has 0 radical (unpaired) electrons. The largest absolute Gasteiger partial charge is 0.465 e. The molecule has 0 fully saturated rings. The number of hydrogen-bond acceptors (Lipinski definition) is 5. The first-order valence-corrected chi connectivity index (χ1v) is 8.83. The van der Waals surface area contributed by atoms with Gasteiger partial charge in [-0.1, -0.05) is 26.0 Å². The summed E-state index contributed by atoms with van der Waals surface area (Å²) in [7, 11) is 2.56. The normalized spacial score (nSPS) is 13.9. The van der Waals surface area contributed by atoms with Crippen LogP contribution in [0.15, 0.2) is 53.9 Å². The Bertz CT molecular complexity index is 778. The summed E-state index contributed by atoms with van der Waals surface area (Å²) in [5.41, 5.74) is 2.24. The Labute approximate surface area is 161 Å². The molecule has 0 atom stereocenters. The van der Waals surface area contributed by atoms with E-state index in [1.807, 2.05) is 12.1 Å². The Morgan fingerprint density at radius 2 is 1.76 bits per heavy atom. The number of carbonyl (C=O) groups is 2. The minimum atomic E-state index is -0.611. The van der Waals surface area contributed by atoms with E-state index < -0.39 is 11.9 Å². The molecule has 1 aliphatic rings. The molecule has 25 heavy (non-hydrogen) atoms. The molecule has 1 aromatic rings. The number of allylic oxidation sites excluding steroid dienone is 2. The van der Waals surface area contributed by atoms with Crippen molar-refractivity contribution in [3.63, 3.8) is 0 Å². The minimum Gasteiger partial charge on any atom is -0.465 e. The first-order chi connectivity index (χ1) is 11.9. The van der Waals surface area contributed by atoms with Crippen molar-refractivity contribution in [2.75, 3.05) is 19.1 Å². The Morgan fingerprint density at radius 1 is 1.08 bits per heavy atom. The first-order valence-electron chi connectivity index (χ1n) is 7.75. The fourth-order valence-electron chi connectivity index (χ4n) is 2.43. The number of rotatable bonds is 4. The van der Waals surface area contributed by atoms with Gasteiger partial charge in [0, 0.05) is 9.77 Å². The smallest absolute Gasteiger partial charge is 0.355 e. The molecule has 0 unspecified atom stereocenters. The first kappa shape index (κ1) is 19.2. The van der Waals surface area contributed by atoms with Crippen molar-refractivity contribution < 1.29 is 19.1 Å². The predicted molar refractivity (Wildman–Crippen MR) is 105 cm³/mol. The number of carbonyl (C=O) groups excluding carboxylic acids is 2. The zero-order valence-electron chi connectivity index (χ0n) is 14.6. The molecular weight excluding hydrogens is 433 g/mol. The zero-order chi connectivity index (χ0) is 18.6. The number of halogens is 1. The maximum absolute atomic E-state index is 12.4. The van der Waals surface area contributed by atoms with Crippen molar-refractivity contribution in [2.24, 2.45) is 0 Å². The number of methoxy groups -OCH3 is 2. The summed E-state index contributed by atoms with van der Waals surface area (Å²) < 4.78 is 10.7. The number of anilines is 1. The molecule has 1 aliphatic heterocycles. The van der Waals surface area contributed by atoms with E-state index in [2.05, 4.69) is 42.5 Å². The van der Waals surface area contributed by atoms with Gasteiger partial charge in [-0.3, -0.25) is 0 Å². The second kappa shape index (κ2) is 8.33. The summed E-state index contributed by atoms with van der Waals surface area (Å²) in [6.07, 6.45) is 6.71. The Morgan fingerprint density at radius 3 is 2.32 bits per heavy atom. The van der Waals surface area contributed by atoms with E-state index in [-0.39, 0.29) is 11.3 Å². The van der Waals surface area contributed by atoms with Crippen molar-refractivity contribution in [1.82, 2.24) is 0 Å². The topological polar surface area (TPSA) is 55.8 Å². The summed E-state index contributed by atoms with van der Waals surface area (Å²) in [6, 6.07) is 6.02. The third kappa shape index (κ3) is 4.12. The highest BCUT2D eigenvalue weighted by Gasteiger charge is 2.28. The van der Waals surface area contributed by atoms with Gasteiger partial charge in [0.05, 0.1) is 25.5 Å². The molecule has 0 aliphatic carbocycles. The minimum absolute atomic E-state index is 0.120. The van der Waals surface area contributed by atoms with Crippen molar-refractivity contribution in [3.05, 3.63) is 63.0 Å². The van der Waals surface area contributed by atoms with Crippen LogP contribution in [-0.2, 0) is 19.1 Å². The third-order valence-electron chi connectivity index (χ3n) is 3.79. The lowest BCUT2D eigenvalue weighted by Gasteiger charge is -2.24. The molecule has 0 bridgehead atoms. The van der Waals surface area contributed by atoms with Crippen LogP contribution in [0.2, 0.25) is 0 Å². The molecule has 0 N–H and O–H groups in total. The van der Waals surface area contributed by atoms with Crippen molar-refractivity contribution in [3.8, 4) is 0 Å². The van der Waals surface area contributed by atoms with E-state index in [4.69, 9.17) is 9.47 Å². The van der Waals surface area contributed by atoms with Crippen LogP contribution in [0.4, 0.5) is 5.69 Å². The Kier molecular flexibility index (Phi) is 6.41. The summed E-state index contributed by atoms with van der Waals surface area (Å²) in [5.74, 6) is -0.815. The number of nitrogens with zero attached hydrogens (tertiary/aromatic N) is 1. The van der Waals surface area contributed by atoms with Gasteiger partial charge in [-0.25, -0.2) is 9.59 Å². The van der Waals surface area contributed by atoms with Crippen molar-refractivity contribution in [1.29, 1.82) is 0 Å². The lowest BCUT2D eigenvalue weighted by Crippen LogP contribution is -2.27. The molecular formula is C19H20INO4. The van der Waals surface area contributed by atoms with Crippen LogP contribution in [0.1, 0.15) is 25.3 Å². The van der Waals surface area contributed by atoms with Gasteiger partial charge in [0.2, 0.25) is 0 Å². The van der Waals surface area contributed by atoms with Gasteiger partial charge in [-0.15, -0.1) is 0 Å². The molecule has 6 heteroatoms. The van der Waals surface area contributed by atoms with Gasteiger partial charge >= 0.3 is 11.9 Å². The molecule has 1 aromatic carbocycles. The third-order valence-corrected chi connectivity index (χ3v) is 4.65. The van der Waals surface area contributed by atoms with Crippen molar-refractivity contribution in [2.45, 2.75) is 19.8 Å². The molecule has 0 amide bonds. The van der Waals surface area contributed by atoms with Gasteiger partial charge in [-0.05, 0) is 58.4 Å². The summed E-state index contributed by atoms with van der Waals surface area (Å²) >= 11 is 2.23. The average Bonchev–Trinajstić information content (AvgIpc) is 2.82. The van der Waals surface area contributed by atoms with Crippen LogP contribution in [0.3, 0.4) is 0 Å². The number of esters is 2. The standard InChI is InChI=1S/C19H20INO4/c1-12(2)13-8-9-16(15(20)11-13)21-10-6-5-7-14(18(22)24-3)17(21)19(23)25-4/h5-12H,1-4H3. The molecule has 132 valence electrons. The number of benzene rings is 1. The van der Waals surface area contributed by atoms with Gasteiger partial charge in [0.1, 0.15) is 5.70 Å². The van der Waals surface area contributed by atoms with E-state index in [0.29, 0.717) is 5.92 Å². The second-order valence-electron chi connectivity index (χ2n) is 5.68. The van der Waals surface area contributed by atoms with Crippen LogP contribution in [0.5, 0.6) is 0 Å². The molecule has 0 spiro atoms. The van der Waals surface area contributed by atoms with Gasteiger partial charge < -0.3 is 14.4 Å². The van der Waals surface area contributed by atoms with E-state index in [1.165, 1.54) is 19.8 Å². The van der Waals surface area contributed by atoms with Crippen LogP contribution >= 0.6 is 22.6 Å². The highest BCUT2D eigenvalue weighted by atomic mass is 127. The van der Waals surface area contributed by atoms with E-state index in [0.717, 1.165) is 9.26 Å². The number of hydrogen-bond donors (Lipinski definition) is 0. The Hall–Kier alpha value is -2.09. The SMILES string of the molecule is COC(=O)C1=C(C(=O)OC)N(c2ccc(C(C)C)cc2I)C=CC=C1. The lowest BCUT2D eigenvalue weighted by atomic mass is 10.0. The molecule has 0 aromatic heterocycles. The second-order valence-corrected chi connectivity index (χ2v) is 6.84. The van der Waals surface area contributed by atoms with E-state index in [1.54, 1.807) is 29.3 Å². The fraction of sp³-hybridized carbons (Fsp3) is 0.263. The maximum Gasteiger partial charge on any atom is 0.355 e. The Balaban J connectivity index is 2.65. The quantitative estimate of drug-likeness (QED) is 0.512.